The third-order valence-electron chi connectivity index (χ3n) is 4.15. The maximum absolute atomic E-state index is 12.2. The molecule has 130 valence electrons. The van der Waals surface area contributed by atoms with E-state index in [4.69, 9.17) is 5.14 Å². The number of fused-ring (bicyclic) bond motifs is 1. The summed E-state index contributed by atoms with van der Waals surface area (Å²) in [7, 11) is -3.68. The molecule has 0 atom stereocenters. The smallest absolute Gasteiger partial charge is 0.317 e. The van der Waals surface area contributed by atoms with Crippen LogP contribution in [0, 0.1) is 6.92 Å². The van der Waals surface area contributed by atoms with Gasteiger partial charge in [0.2, 0.25) is 0 Å². The Balaban J connectivity index is 1.55. The van der Waals surface area contributed by atoms with E-state index < -0.39 is 10.2 Å². The zero-order valence-corrected chi connectivity index (χ0v) is 14.3. The van der Waals surface area contributed by atoms with Gasteiger partial charge >= 0.3 is 6.03 Å². The summed E-state index contributed by atoms with van der Waals surface area (Å²) in [4.78, 5) is 17.1. The van der Waals surface area contributed by atoms with Gasteiger partial charge in [-0.2, -0.15) is 12.7 Å². The van der Waals surface area contributed by atoms with E-state index in [1.165, 1.54) is 4.31 Å². The summed E-state index contributed by atoms with van der Waals surface area (Å²) in [5, 5.41) is 9.07. The molecule has 0 saturated carbocycles. The summed E-state index contributed by atoms with van der Waals surface area (Å²) in [6.07, 6.45) is 0. The van der Waals surface area contributed by atoms with Gasteiger partial charge in [-0.1, -0.05) is 6.07 Å². The van der Waals surface area contributed by atoms with Crippen LogP contribution in [-0.4, -0.2) is 54.8 Å². The minimum atomic E-state index is -3.68. The zero-order valence-electron chi connectivity index (χ0n) is 13.4. The Kier molecular flexibility index (Phi) is 4.48. The Morgan fingerprint density at radius 2 is 1.96 bits per heavy atom. The number of aryl methyl sites for hydroxylation is 1. The first-order chi connectivity index (χ1) is 11.3. The summed E-state index contributed by atoms with van der Waals surface area (Å²) < 4.78 is 23.7. The van der Waals surface area contributed by atoms with Crippen LogP contribution in [0.15, 0.2) is 24.3 Å². The maximum Gasteiger partial charge on any atom is 0.317 e. The number of hydrogen-bond acceptors (Lipinski definition) is 3. The second kappa shape index (κ2) is 6.42. The van der Waals surface area contributed by atoms with Gasteiger partial charge in [-0.15, -0.1) is 0 Å². The number of carbonyl (C=O) groups excluding carboxylic acids is 1. The van der Waals surface area contributed by atoms with Crippen molar-refractivity contribution in [2.75, 3.05) is 26.2 Å². The largest absolute Gasteiger partial charge is 0.359 e. The van der Waals surface area contributed by atoms with Gasteiger partial charge in [0.15, 0.2) is 0 Å². The summed E-state index contributed by atoms with van der Waals surface area (Å²) in [6.45, 7) is 3.54. The van der Waals surface area contributed by atoms with Gasteiger partial charge < -0.3 is 15.2 Å². The molecule has 9 heteroatoms. The first kappa shape index (κ1) is 16.7. The summed E-state index contributed by atoms with van der Waals surface area (Å²) in [6, 6.07) is 7.87. The van der Waals surface area contributed by atoms with Gasteiger partial charge in [0.05, 0.1) is 0 Å². The molecular weight excluding hydrogens is 330 g/mol. The van der Waals surface area contributed by atoms with Crippen molar-refractivity contribution in [2.24, 2.45) is 5.14 Å². The van der Waals surface area contributed by atoms with Gasteiger partial charge in [0, 0.05) is 43.9 Å². The number of piperazine rings is 1. The highest BCUT2D eigenvalue weighted by atomic mass is 32.2. The number of rotatable bonds is 3. The Hall–Kier alpha value is -2.10. The molecule has 0 unspecified atom stereocenters. The zero-order chi connectivity index (χ0) is 17.3. The predicted molar refractivity (Wildman–Crippen MR) is 91.5 cm³/mol. The molecule has 1 aliphatic rings. The Morgan fingerprint density at radius 3 is 2.62 bits per heavy atom. The number of benzene rings is 1. The third kappa shape index (κ3) is 3.69. The first-order valence-corrected chi connectivity index (χ1v) is 9.22. The van der Waals surface area contributed by atoms with Crippen LogP contribution in [0.4, 0.5) is 4.79 Å². The monoisotopic (exact) mass is 351 g/mol. The van der Waals surface area contributed by atoms with Crippen molar-refractivity contribution in [1.82, 2.24) is 19.5 Å². The molecule has 2 amide bonds. The molecule has 0 radical (unpaired) electrons. The fraction of sp³-hybridized carbons (Fsp3) is 0.400. The average Bonchev–Trinajstić information content (AvgIpc) is 2.91. The van der Waals surface area contributed by atoms with Crippen molar-refractivity contribution in [3.63, 3.8) is 0 Å². The summed E-state index contributed by atoms with van der Waals surface area (Å²) in [5.41, 5.74) is 3.18. The molecule has 2 heterocycles. The van der Waals surface area contributed by atoms with Crippen molar-refractivity contribution < 1.29 is 13.2 Å². The molecule has 1 fully saturated rings. The minimum absolute atomic E-state index is 0.200. The van der Waals surface area contributed by atoms with E-state index in [2.05, 4.69) is 16.4 Å². The molecule has 1 saturated heterocycles. The number of urea groups is 1. The van der Waals surface area contributed by atoms with Crippen LogP contribution in [-0.2, 0) is 16.8 Å². The standard InChI is InChI=1S/C15H21N5O3S/c1-11-8-13-9-12(2-3-14(13)18-11)10-17-15(21)19-4-6-20(7-5-19)24(16,22)23/h2-3,8-9,18H,4-7,10H2,1H3,(H,17,21)(H2,16,22,23). The van der Waals surface area contributed by atoms with Crippen LogP contribution in [0.5, 0.6) is 0 Å². The summed E-state index contributed by atoms with van der Waals surface area (Å²) in [5.74, 6) is 0. The molecule has 3 rings (SSSR count). The lowest BCUT2D eigenvalue weighted by Crippen LogP contribution is -2.54. The fourth-order valence-corrected chi connectivity index (χ4v) is 3.54. The Labute approximate surface area is 140 Å². The molecule has 0 bridgehead atoms. The molecule has 1 aromatic heterocycles. The minimum Gasteiger partial charge on any atom is -0.359 e. The normalized spacial score (nSPS) is 16.5. The number of amides is 2. The van der Waals surface area contributed by atoms with E-state index >= 15 is 0 Å². The van der Waals surface area contributed by atoms with Gasteiger partial charge in [0.1, 0.15) is 0 Å². The molecule has 8 nitrogen and oxygen atoms in total. The number of aromatic amines is 1. The number of H-pyrrole nitrogens is 1. The van der Waals surface area contributed by atoms with Crippen molar-refractivity contribution >= 4 is 27.1 Å². The lowest BCUT2D eigenvalue weighted by molar-refractivity contribution is 0.172. The second-order valence-electron chi connectivity index (χ2n) is 5.96. The van der Waals surface area contributed by atoms with Crippen LogP contribution < -0.4 is 10.5 Å². The maximum atomic E-state index is 12.2. The molecule has 0 spiro atoms. The predicted octanol–water partition coefficient (Wildman–Crippen LogP) is 0.507. The van der Waals surface area contributed by atoms with Crippen molar-refractivity contribution in [3.8, 4) is 0 Å². The first-order valence-electron chi connectivity index (χ1n) is 7.72. The highest BCUT2D eigenvalue weighted by Gasteiger charge is 2.26. The summed E-state index contributed by atoms with van der Waals surface area (Å²) >= 11 is 0. The van der Waals surface area contributed by atoms with Gasteiger partial charge in [-0.25, -0.2) is 9.93 Å². The number of carbonyl (C=O) groups is 1. The average molecular weight is 351 g/mol. The van der Waals surface area contributed by atoms with Crippen LogP contribution in [0.2, 0.25) is 0 Å². The molecule has 2 aromatic rings. The highest BCUT2D eigenvalue weighted by molar-refractivity contribution is 7.86. The topological polar surface area (TPSA) is 112 Å². The molecule has 0 aliphatic carbocycles. The molecule has 1 aliphatic heterocycles. The van der Waals surface area contributed by atoms with Gasteiger partial charge in [0.25, 0.3) is 10.2 Å². The lowest BCUT2D eigenvalue weighted by Gasteiger charge is -2.32. The van der Waals surface area contributed by atoms with Gasteiger partial charge in [-0.05, 0) is 36.1 Å². The number of nitrogens with two attached hydrogens (primary N) is 1. The van der Waals surface area contributed by atoms with E-state index in [0.29, 0.717) is 19.6 Å². The van der Waals surface area contributed by atoms with Crippen molar-refractivity contribution in [3.05, 3.63) is 35.5 Å². The quantitative estimate of drug-likeness (QED) is 0.749. The van der Waals surface area contributed by atoms with Crippen LogP contribution in [0.25, 0.3) is 10.9 Å². The van der Waals surface area contributed by atoms with E-state index in [1.807, 2.05) is 25.1 Å². The third-order valence-corrected chi connectivity index (χ3v) is 5.23. The van der Waals surface area contributed by atoms with Crippen molar-refractivity contribution in [1.29, 1.82) is 0 Å². The molecule has 4 N–H and O–H groups in total. The Bertz CT molecular complexity index is 853. The van der Waals surface area contributed by atoms with Crippen LogP contribution in [0.3, 0.4) is 0 Å². The van der Waals surface area contributed by atoms with Crippen LogP contribution in [0.1, 0.15) is 11.3 Å². The van der Waals surface area contributed by atoms with Crippen molar-refractivity contribution in [2.45, 2.75) is 13.5 Å². The SMILES string of the molecule is Cc1cc2cc(CNC(=O)N3CCN(S(N)(=O)=O)CC3)ccc2[nH]1. The Morgan fingerprint density at radius 1 is 1.25 bits per heavy atom. The lowest BCUT2D eigenvalue weighted by atomic mass is 10.1. The molecule has 24 heavy (non-hydrogen) atoms. The van der Waals surface area contributed by atoms with Gasteiger partial charge in [-0.3, -0.25) is 0 Å². The molecule has 1 aromatic carbocycles. The fourth-order valence-electron chi connectivity index (χ4n) is 2.87. The molecular formula is C15H21N5O3S. The number of aromatic nitrogens is 1. The number of nitrogens with zero attached hydrogens (tertiary/aromatic N) is 2. The number of hydrogen-bond donors (Lipinski definition) is 3. The van der Waals surface area contributed by atoms with E-state index in [-0.39, 0.29) is 19.1 Å². The van der Waals surface area contributed by atoms with E-state index in [0.717, 1.165) is 22.2 Å². The van der Waals surface area contributed by atoms with E-state index in [9.17, 15) is 13.2 Å². The number of nitrogens with one attached hydrogen (secondary N) is 2. The second-order valence-corrected chi connectivity index (χ2v) is 7.51. The van der Waals surface area contributed by atoms with E-state index in [1.54, 1.807) is 4.90 Å². The van der Waals surface area contributed by atoms with Crippen LogP contribution >= 0.6 is 0 Å². The highest BCUT2D eigenvalue weighted by Crippen LogP contribution is 2.16.